The van der Waals surface area contributed by atoms with Crippen LogP contribution < -0.4 is 19.7 Å². The van der Waals surface area contributed by atoms with E-state index in [-0.39, 0.29) is 12.7 Å². The van der Waals surface area contributed by atoms with Crippen LogP contribution in [0.1, 0.15) is 14.3 Å². The largest absolute Gasteiger partial charge is 0.497 e. The SMILES string of the molecule is CNCCOc1ccc(-c2cc(N3CCC4(CC(=O)N(C)C4)C3)c3ccc(OC)cc3n2)cc1.[HH]. The number of pyridine rings is 1. The van der Waals surface area contributed by atoms with Crippen LogP contribution in [0.3, 0.4) is 0 Å². The standard InChI is InChI=1S/C27H32N4O3.H2/c1-28-11-13-34-20-6-4-19(5-7-20)23-15-25(22-9-8-21(33-3)14-24(22)29-23)31-12-10-27(18-31)16-26(32)30(2)17-27;/h4-9,14-15,28H,10-13,16-18H2,1-3H3;1H. The highest BCUT2D eigenvalue weighted by Crippen LogP contribution is 2.43. The van der Waals surface area contributed by atoms with E-state index in [2.05, 4.69) is 34.5 Å². The summed E-state index contributed by atoms with van der Waals surface area (Å²) in [5.41, 5.74) is 4.06. The number of anilines is 1. The third-order valence-electron chi connectivity index (χ3n) is 7.07. The van der Waals surface area contributed by atoms with Crippen LogP contribution in [0.4, 0.5) is 5.69 Å². The molecule has 1 unspecified atom stereocenters. The number of hydrogen-bond donors (Lipinski definition) is 1. The van der Waals surface area contributed by atoms with Gasteiger partial charge >= 0.3 is 0 Å². The molecule has 2 saturated heterocycles. The van der Waals surface area contributed by atoms with Crippen LogP contribution in [0, 0.1) is 5.41 Å². The summed E-state index contributed by atoms with van der Waals surface area (Å²) in [7, 11) is 5.50. The number of ether oxygens (including phenoxy) is 2. The highest BCUT2D eigenvalue weighted by molar-refractivity contribution is 5.95. The monoisotopic (exact) mass is 462 g/mol. The average molecular weight is 463 g/mol. The first kappa shape index (κ1) is 22.5. The third kappa shape index (κ3) is 4.28. The minimum Gasteiger partial charge on any atom is -0.497 e. The number of nitrogens with zero attached hydrogens (tertiary/aromatic N) is 3. The quantitative estimate of drug-likeness (QED) is 0.539. The van der Waals surface area contributed by atoms with Crippen molar-refractivity contribution in [1.29, 1.82) is 0 Å². The van der Waals surface area contributed by atoms with Gasteiger partial charge in [0.25, 0.3) is 0 Å². The van der Waals surface area contributed by atoms with Gasteiger partial charge in [0.15, 0.2) is 0 Å². The van der Waals surface area contributed by atoms with Gasteiger partial charge in [0.2, 0.25) is 5.91 Å². The van der Waals surface area contributed by atoms with Crippen molar-refractivity contribution in [1.82, 2.24) is 15.2 Å². The number of likely N-dealkylation sites (tertiary alicyclic amines) is 1. The van der Waals surface area contributed by atoms with Gasteiger partial charge in [0.05, 0.1) is 18.3 Å². The summed E-state index contributed by atoms with van der Waals surface area (Å²) in [4.78, 5) is 21.6. The Morgan fingerprint density at radius 3 is 2.62 bits per heavy atom. The Morgan fingerprint density at radius 1 is 1.12 bits per heavy atom. The molecule has 7 nitrogen and oxygen atoms in total. The molecule has 3 aromatic rings. The lowest BCUT2D eigenvalue weighted by molar-refractivity contribution is -0.126. The van der Waals surface area contributed by atoms with Crippen LogP contribution in [-0.4, -0.2) is 69.8 Å². The lowest BCUT2D eigenvalue weighted by Crippen LogP contribution is -2.29. The highest BCUT2D eigenvalue weighted by atomic mass is 16.5. The summed E-state index contributed by atoms with van der Waals surface area (Å²) < 4.78 is 11.3. The van der Waals surface area contributed by atoms with Crippen LogP contribution >= 0.6 is 0 Å². The van der Waals surface area contributed by atoms with Crippen molar-refractivity contribution in [3.63, 3.8) is 0 Å². The molecule has 1 atom stereocenters. The van der Waals surface area contributed by atoms with E-state index in [9.17, 15) is 4.79 Å². The van der Waals surface area contributed by atoms with Crippen molar-refractivity contribution in [3.8, 4) is 22.8 Å². The second-order valence-electron chi connectivity index (χ2n) is 9.48. The first-order valence-corrected chi connectivity index (χ1v) is 11.9. The Hall–Kier alpha value is -3.32. The fourth-order valence-electron chi connectivity index (χ4n) is 5.24. The molecule has 180 valence electrons. The molecular formula is C27H34N4O3. The van der Waals surface area contributed by atoms with Crippen LogP contribution in [0.15, 0.2) is 48.5 Å². The molecule has 7 heteroatoms. The number of hydrogen-bond acceptors (Lipinski definition) is 6. The summed E-state index contributed by atoms with van der Waals surface area (Å²) in [6.45, 7) is 4.08. The first-order valence-electron chi connectivity index (χ1n) is 11.9. The maximum atomic E-state index is 12.3. The van der Waals surface area contributed by atoms with Crippen LogP contribution in [0.2, 0.25) is 0 Å². The fourth-order valence-corrected chi connectivity index (χ4v) is 5.24. The van der Waals surface area contributed by atoms with Gasteiger partial charge < -0.3 is 24.6 Å². The summed E-state index contributed by atoms with van der Waals surface area (Å²) in [6, 6.07) is 16.4. The molecule has 2 fully saturated rings. The molecule has 1 N–H and O–H groups in total. The van der Waals surface area contributed by atoms with E-state index in [1.165, 1.54) is 0 Å². The van der Waals surface area contributed by atoms with E-state index in [1.807, 2.05) is 43.3 Å². The molecule has 0 aliphatic carbocycles. The Bertz CT molecular complexity index is 1200. The third-order valence-corrected chi connectivity index (χ3v) is 7.07. The predicted molar refractivity (Wildman–Crippen MR) is 137 cm³/mol. The Labute approximate surface area is 202 Å². The zero-order valence-corrected chi connectivity index (χ0v) is 20.1. The zero-order valence-electron chi connectivity index (χ0n) is 20.1. The molecule has 2 aromatic carbocycles. The average Bonchev–Trinajstić information content (AvgIpc) is 3.39. The lowest BCUT2D eigenvalue weighted by Gasteiger charge is -2.25. The number of benzene rings is 2. The summed E-state index contributed by atoms with van der Waals surface area (Å²) >= 11 is 0. The molecule has 2 aliphatic rings. The van der Waals surface area contributed by atoms with Gasteiger partial charge in [-0.15, -0.1) is 0 Å². The van der Waals surface area contributed by atoms with Crippen LogP contribution in [0.5, 0.6) is 11.5 Å². The maximum absolute atomic E-state index is 12.3. The Balaban J connectivity index is 0.00000289. The second-order valence-corrected chi connectivity index (χ2v) is 9.48. The minimum atomic E-state index is 0. The molecule has 2 aliphatic heterocycles. The van der Waals surface area contributed by atoms with Gasteiger partial charge in [-0.3, -0.25) is 4.79 Å². The van der Waals surface area contributed by atoms with Crippen molar-refractivity contribution in [2.45, 2.75) is 12.8 Å². The normalized spacial score (nSPS) is 20.0. The number of likely N-dealkylation sites (N-methyl/N-ethyl adjacent to an activating group) is 1. The number of amides is 1. The lowest BCUT2D eigenvalue weighted by atomic mass is 9.86. The number of methoxy groups -OCH3 is 1. The van der Waals surface area contributed by atoms with Gasteiger partial charge in [-0.1, -0.05) is 0 Å². The van der Waals surface area contributed by atoms with Crippen molar-refractivity contribution in [3.05, 3.63) is 48.5 Å². The second kappa shape index (κ2) is 9.14. The van der Waals surface area contributed by atoms with Crippen molar-refractivity contribution >= 4 is 22.5 Å². The number of aromatic nitrogens is 1. The molecule has 34 heavy (non-hydrogen) atoms. The number of carbonyl (C=O) groups excluding carboxylic acids is 1. The summed E-state index contributed by atoms with van der Waals surface area (Å²) in [6.07, 6.45) is 1.66. The van der Waals surface area contributed by atoms with Gasteiger partial charge in [-0.25, -0.2) is 4.98 Å². The number of rotatable bonds is 7. The minimum absolute atomic E-state index is 0. The van der Waals surface area contributed by atoms with Gasteiger partial charge in [-0.05, 0) is 55.9 Å². The Morgan fingerprint density at radius 2 is 1.91 bits per heavy atom. The highest BCUT2D eigenvalue weighted by Gasteiger charge is 2.46. The van der Waals surface area contributed by atoms with E-state index in [1.54, 1.807) is 7.11 Å². The number of nitrogens with one attached hydrogen (secondary N) is 1. The van der Waals surface area contributed by atoms with Gasteiger partial charge in [-0.2, -0.15) is 0 Å². The van der Waals surface area contributed by atoms with Crippen molar-refractivity contribution in [2.24, 2.45) is 5.41 Å². The van der Waals surface area contributed by atoms with E-state index < -0.39 is 0 Å². The van der Waals surface area contributed by atoms with Crippen molar-refractivity contribution < 1.29 is 15.7 Å². The maximum Gasteiger partial charge on any atom is 0.223 e. The topological polar surface area (TPSA) is 66.9 Å². The van der Waals surface area contributed by atoms with Crippen LogP contribution in [0.25, 0.3) is 22.2 Å². The van der Waals surface area contributed by atoms with E-state index in [4.69, 9.17) is 14.5 Å². The smallest absolute Gasteiger partial charge is 0.223 e. The van der Waals surface area contributed by atoms with Gasteiger partial charge in [0, 0.05) is 69.2 Å². The Kier molecular flexibility index (Phi) is 6.04. The van der Waals surface area contributed by atoms with Gasteiger partial charge in [0.1, 0.15) is 18.1 Å². The molecule has 1 spiro atoms. The van der Waals surface area contributed by atoms with Crippen molar-refractivity contribution in [2.75, 3.05) is 58.9 Å². The molecule has 1 amide bonds. The fraction of sp³-hybridized carbons (Fsp3) is 0.407. The first-order chi connectivity index (χ1) is 16.5. The molecule has 0 saturated carbocycles. The molecule has 0 bridgehead atoms. The molecule has 5 rings (SSSR count). The predicted octanol–water partition coefficient (Wildman–Crippen LogP) is 3.81. The zero-order chi connectivity index (χ0) is 23.7. The molecular weight excluding hydrogens is 428 g/mol. The van der Waals surface area contributed by atoms with E-state index in [0.29, 0.717) is 13.0 Å². The molecule has 1 aromatic heterocycles. The number of carbonyl (C=O) groups is 1. The van der Waals surface area contributed by atoms with Crippen LogP contribution in [-0.2, 0) is 4.79 Å². The summed E-state index contributed by atoms with van der Waals surface area (Å²) in [5.74, 6) is 1.89. The number of fused-ring (bicyclic) bond motifs is 1. The molecule has 3 heterocycles. The van der Waals surface area contributed by atoms with E-state index >= 15 is 0 Å². The molecule has 0 radical (unpaired) electrons. The summed E-state index contributed by atoms with van der Waals surface area (Å²) in [5, 5.41) is 4.19. The van der Waals surface area contributed by atoms with E-state index in [0.717, 1.165) is 71.9 Å².